The van der Waals surface area contributed by atoms with Gasteiger partial charge in [0, 0.05) is 12.5 Å². The molecule has 112 valence electrons. The molecule has 5 nitrogen and oxygen atoms in total. The van der Waals surface area contributed by atoms with Gasteiger partial charge in [-0.3, -0.25) is 4.79 Å². The van der Waals surface area contributed by atoms with Gasteiger partial charge in [-0.15, -0.1) is 11.3 Å². The first kappa shape index (κ1) is 15.3. The van der Waals surface area contributed by atoms with E-state index in [1.54, 1.807) is 27.4 Å². The average molecular weight is 307 g/mol. The predicted molar refractivity (Wildman–Crippen MR) is 81.9 cm³/mol. The minimum absolute atomic E-state index is 0.0209. The van der Waals surface area contributed by atoms with Crippen LogP contribution < -0.4 is 14.2 Å². The van der Waals surface area contributed by atoms with Gasteiger partial charge in [0.25, 0.3) is 0 Å². The Morgan fingerprint density at radius 1 is 1.10 bits per heavy atom. The minimum Gasteiger partial charge on any atom is -0.493 e. The number of hydrogen-bond acceptors (Lipinski definition) is 6. The van der Waals surface area contributed by atoms with Crippen molar-refractivity contribution in [2.24, 2.45) is 0 Å². The van der Waals surface area contributed by atoms with E-state index < -0.39 is 0 Å². The first-order valence-electron chi connectivity index (χ1n) is 6.31. The van der Waals surface area contributed by atoms with Gasteiger partial charge in [0.05, 0.1) is 36.9 Å². The molecule has 1 aromatic heterocycles. The molecule has 2 aromatic rings. The highest BCUT2D eigenvalue weighted by Crippen LogP contribution is 2.45. The normalized spacial score (nSPS) is 10.3. The summed E-state index contributed by atoms with van der Waals surface area (Å²) in [5, 5.41) is 0.826. The number of benzene rings is 1. The number of methoxy groups -OCH3 is 3. The second-order valence-corrected chi connectivity index (χ2v) is 5.55. The van der Waals surface area contributed by atoms with E-state index in [4.69, 9.17) is 14.2 Å². The number of rotatable bonds is 5. The number of ketones is 1. The second-order valence-electron chi connectivity index (χ2n) is 4.35. The number of carbonyl (C=O) groups excluding carboxylic acids is 1. The molecule has 2 rings (SSSR count). The Hall–Kier alpha value is -2.08. The number of hydrogen-bond donors (Lipinski definition) is 0. The number of aromatic nitrogens is 1. The highest BCUT2D eigenvalue weighted by Gasteiger charge is 2.22. The number of carbonyl (C=O) groups is 1. The SMILES string of the molecule is COc1ccc(-c2nc(C)sc2C(C)=O)c(OC)c1OC. The summed E-state index contributed by atoms with van der Waals surface area (Å²) < 4.78 is 16.1. The lowest BCUT2D eigenvalue weighted by molar-refractivity contribution is 0.102. The monoisotopic (exact) mass is 307 g/mol. The number of nitrogens with zero attached hydrogens (tertiary/aromatic N) is 1. The quantitative estimate of drug-likeness (QED) is 0.793. The van der Waals surface area contributed by atoms with Crippen LogP contribution in [0.1, 0.15) is 21.6 Å². The van der Waals surface area contributed by atoms with Gasteiger partial charge in [0.15, 0.2) is 17.3 Å². The zero-order chi connectivity index (χ0) is 15.6. The molecule has 0 unspecified atom stereocenters. The summed E-state index contributed by atoms with van der Waals surface area (Å²) in [6.07, 6.45) is 0. The van der Waals surface area contributed by atoms with Crippen molar-refractivity contribution in [2.75, 3.05) is 21.3 Å². The molecule has 0 saturated heterocycles. The van der Waals surface area contributed by atoms with Gasteiger partial charge in [-0.25, -0.2) is 4.98 Å². The van der Waals surface area contributed by atoms with E-state index in [0.29, 0.717) is 33.4 Å². The highest BCUT2D eigenvalue weighted by molar-refractivity contribution is 7.14. The molecule has 0 spiro atoms. The van der Waals surface area contributed by atoms with Crippen LogP contribution in [0.4, 0.5) is 0 Å². The van der Waals surface area contributed by atoms with Gasteiger partial charge >= 0.3 is 0 Å². The lowest BCUT2D eigenvalue weighted by atomic mass is 10.1. The Morgan fingerprint density at radius 2 is 1.76 bits per heavy atom. The first-order valence-corrected chi connectivity index (χ1v) is 7.12. The lowest BCUT2D eigenvalue weighted by Crippen LogP contribution is -1.99. The molecule has 0 N–H and O–H groups in total. The van der Waals surface area contributed by atoms with E-state index in [1.165, 1.54) is 18.3 Å². The van der Waals surface area contributed by atoms with Crippen molar-refractivity contribution < 1.29 is 19.0 Å². The van der Waals surface area contributed by atoms with Crippen LogP contribution in [0.5, 0.6) is 17.2 Å². The smallest absolute Gasteiger partial charge is 0.203 e. The van der Waals surface area contributed by atoms with Gasteiger partial charge in [0.2, 0.25) is 5.75 Å². The van der Waals surface area contributed by atoms with Crippen LogP contribution in [0.3, 0.4) is 0 Å². The lowest BCUT2D eigenvalue weighted by Gasteiger charge is -2.15. The third-order valence-electron chi connectivity index (χ3n) is 3.01. The van der Waals surface area contributed by atoms with Gasteiger partial charge in [-0.2, -0.15) is 0 Å². The van der Waals surface area contributed by atoms with E-state index >= 15 is 0 Å². The van der Waals surface area contributed by atoms with Crippen LogP contribution in [0.2, 0.25) is 0 Å². The Kier molecular flexibility index (Phi) is 4.47. The molecule has 21 heavy (non-hydrogen) atoms. The van der Waals surface area contributed by atoms with Crippen molar-refractivity contribution in [1.29, 1.82) is 0 Å². The largest absolute Gasteiger partial charge is 0.493 e. The van der Waals surface area contributed by atoms with Crippen molar-refractivity contribution in [3.05, 3.63) is 22.0 Å². The summed E-state index contributed by atoms with van der Waals surface area (Å²) in [4.78, 5) is 16.9. The molecule has 0 bridgehead atoms. The second kappa shape index (κ2) is 6.13. The molecular formula is C15H17NO4S. The van der Waals surface area contributed by atoms with Crippen molar-refractivity contribution in [1.82, 2.24) is 4.98 Å². The molecule has 0 aliphatic carbocycles. The van der Waals surface area contributed by atoms with Crippen molar-refractivity contribution in [3.8, 4) is 28.5 Å². The maximum Gasteiger partial charge on any atom is 0.203 e. The summed E-state index contributed by atoms with van der Waals surface area (Å²) in [5.41, 5.74) is 1.33. The van der Waals surface area contributed by atoms with Gasteiger partial charge in [0.1, 0.15) is 0 Å². The van der Waals surface area contributed by atoms with Crippen molar-refractivity contribution >= 4 is 17.1 Å². The van der Waals surface area contributed by atoms with Crippen LogP contribution >= 0.6 is 11.3 Å². The standard InChI is InChI=1S/C15H17NO4S/c1-8(17)15-12(16-9(2)21-15)10-6-7-11(18-3)14(20-5)13(10)19-4/h6-7H,1-5H3. The molecule has 0 radical (unpaired) electrons. The van der Waals surface area contributed by atoms with E-state index in [0.717, 1.165) is 5.01 Å². The summed E-state index contributed by atoms with van der Waals surface area (Å²) in [5.74, 6) is 1.53. The third-order valence-corrected chi connectivity index (χ3v) is 4.08. The zero-order valence-electron chi connectivity index (χ0n) is 12.6. The molecule has 0 fully saturated rings. The first-order chi connectivity index (χ1) is 10.0. The third kappa shape index (κ3) is 2.71. The van der Waals surface area contributed by atoms with E-state index in [2.05, 4.69) is 4.98 Å². The highest BCUT2D eigenvalue weighted by atomic mass is 32.1. The molecule has 1 aromatic carbocycles. The molecule has 0 aliphatic heterocycles. The van der Waals surface area contributed by atoms with Crippen LogP contribution in [-0.2, 0) is 0 Å². The Balaban J connectivity index is 2.72. The molecule has 6 heteroatoms. The number of aryl methyl sites for hydroxylation is 1. The van der Waals surface area contributed by atoms with E-state index in [9.17, 15) is 4.79 Å². The van der Waals surface area contributed by atoms with Gasteiger partial charge in [-0.1, -0.05) is 0 Å². The predicted octanol–water partition coefficient (Wildman–Crippen LogP) is 3.35. The minimum atomic E-state index is -0.0209. The number of Topliss-reactive ketones (excluding diaryl/α,β-unsaturated/α-hetero) is 1. The van der Waals surface area contributed by atoms with Crippen molar-refractivity contribution in [3.63, 3.8) is 0 Å². The fraction of sp³-hybridized carbons (Fsp3) is 0.333. The Morgan fingerprint density at radius 3 is 2.29 bits per heavy atom. The zero-order valence-corrected chi connectivity index (χ0v) is 13.5. The summed E-state index contributed by atoms with van der Waals surface area (Å²) in [7, 11) is 4.65. The number of ether oxygens (including phenoxy) is 3. The molecule has 0 saturated carbocycles. The molecule has 0 atom stereocenters. The van der Waals surface area contributed by atoms with E-state index in [-0.39, 0.29) is 5.78 Å². The fourth-order valence-electron chi connectivity index (χ4n) is 2.14. The topological polar surface area (TPSA) is 57.7 Å². The van der Waals surface area contributed by atoms with Crippen LogP contribution in [0, 0.1) is 6.92 Å². The van der Waals surface area contributed by atoms with Crippen LogP contribution in [-0.4, -0.2) is 32.1 Å². The van der Waals surface area contributed by atoms with Crippen molar-refractivity contribution in [2.45, 2.75) is 13.8 Å². The average Bonchev–Trinajstić information content (AvgIpc) is 2.87. The van der Waals surface area contributed by atoms with E-state index in [1.807, 2.05) is 13.0 Å². The molecule has 0 aliphatic rings. The maximum absolute atomic E-state index is 11.8. The summed E-state index contributed by atoms with van der Waals surface area (Å²) >= 11 is 1.37. The summed E-state index contributed by atoms with van der Waals surface area (Å²) in [6, 6.07) is 3.59. The van der Waals surface area contributed by atoms with Gasteiger partial charge < -0.3 is 14.2 Å². The van der Waals surface area contributed by atoms with Gasteiger partial charge in [-0.05, 0) is 19.1 Å². The Bertz CT molecular complexity index is 679. The van der Waals surface area contributed by atoms with Crippen LogP contribution in [0.15, 0.2) is 12.1 Å². The molecule has 1 heterocycles. The summed E-state index contributed by atoms with van der Waals surface area (Å²) in [6.45, 7) is 3.40. The molecular weight excluding hydrogens is 290 g/mol. The maximum atomic E-state index is 11.8. The number of thiazole rings is 1. The van der Waals surface area contributed by atoms with Crippen LogP contribution in [0.25, 0.3) is 11.3 Å². The molecule has 0 amide bonds. The fourth-order valence-corrected chi connectivity index (χ4v) is 2.96. The Labute approximate surface area is 127 Å².